The van der Waals surface area contributed by atoms with Crippen LogP contribution in [0.5, 0.6) is 0 Å². The van der Waals surface area contributed by atoms with Crippen LogP contribution in [-0.4, -0.2) is 22.5 Å². The summed E-state index contributed by atoms with van der Waals surface area (Å²) in [5.74, 6) is 0. The monoisotopic (exact) mass is 514 g/mol. The van der Waals surface area contributed by atoms with Crippen molar-refractivity contribution in [3.8, 4) is 0 Å². The number of hydrogen-bond donors (Lipinski definition) is 0. The fourth-order valence-electron chi connectivity index (χ4n) is 4.41. The summed E-state index contributed by atoms with van der Waals surface area (Å²) in [6, 6.07) is 11.0. The molecular formula is C25H24F6N2OS. The lowest BCUT2D eigenvalue weighted by Crippen LogP contribution is -2.42. The number of piperidine rings is 1. The van der Waals surface area contributed by atoms with Crippen LogP contribution in [0, 0.1) is 6.92 Å². The molecule has 0 bridgehead atoms. The number of ether oxygens (including phenoxy) is 1. The lowest BCUT2D eigenvalue weighted by molar-refractivity contribution is -0.143. The van der Waals surface area contributed by atoms with Gasteiger partial charge >= 0.3 is 12.4 Å². The van der Waals surface area contributed by atoms with Gasteiger partial charge in [0.15, 0.2) is 0 Å². The first kappa shape index (κ1) is 25.7. The third-order valence-corrected chi connectivity index (χ3v) is 6.89. The highest BCUT2D eigenvalue weighted by atomic mass is 32.1. The largest absolute Gasteiger partial charge is 0.416 e. The molecule has 4 rings (SSSR count). The highest BCUT2D eigenvalue weighted by Crippen LogP contribution is 2.38. The molecule has 1 aromatic heterocycles. The van der Waals surface area contributed by atoms with E-state index in [1.54, 1.807) is 11.3 Å². The second kappa shape index (κ2) is 10.3. The van der Waals surface area contributed by atoms with Crippen molar-refractivity contribution in [3.05, 3.63) is 86.9 Å². The summed E-state index contributed by atoms with van der Waals surface area (Å²) in [4.78, 5) is 6.76. The van der Waals surface area contributed by atoms with Crippen molar-refractivity contribution >= 4 is 11.3 Å². The molecule has 1 fully saturated rings. The number of hydrogen-bond acceptors (Lipinski definition) is 4. The minimum Gasteiger partial charge on any atom is -0.372 e. The zero-order chi connectivity index (χ0) is 25.2. The third kappa shape index (κ3) is 6.42. The molecule has 1 aliphatic rings. The molecule has 0 radical (unpaired) electrons. The van der Waals surface area contributed by atoms with E-state index < -0.39 is 29.6 Å². The van der Waals surface area contributed by atoms with E-state index in [-0.39, 0.29) is 24.3 Å². The Kier molecular flexibility index (Phi) is 7.54. The molecule has 188 valence electrons. The van der Waals surface area contributed by atoms with Crippen LogP contribution in [0.2, 0.25) is 0 Å². The predicted molar refractivity (Wildman–Crippen MR) is 121 cm³/mol. The van der Waals surface area contributed by atoms with E-state index in [1.807, 2.05) is 42.6 Å². The fraction of sp³-hybridized carbons (Fsp3) is 0.400. The zero-order valence-electron chi connectivity index (χ0n) is 18.9. The zero-order valence-corrected chi connectivity index (χ0v) is 19.7. The van der Waals surface area contributed by atoms with Gasteiger partial charge in [0.1, 0.15) is 5.01 Å². The second-order valence-electron chi connectivity index (χ2n) is 8.61. The van der Waals surface area contributed by atoms with Crippen LogP contribution >= 0.6 is 11.3 Å². The van der Waals surface area contributed by atoms with Gasteiger partial charge in [-0.25, -0.2) is 4.98 Å². The summed E-state index contributed by atoms with van der Waals surface area (Å²) in [6.07, 6.45) is -8.77. The molecule has 0 amide bonds. The van der Waals surface area contributed by atoms with Gasteiger partial charge in [-0.15, -0.1) is 11.3 Å². The van der Waals surface area contributed by atoms with E-state index in [9.17, 15) is 26.3 Å². The average molecular weight is 515 g/mol. The summed E-state index contributed by atoms with van der Waals surface area (Å²) < 4.78 is 85.6. The Balaban J connectivity index is 1.59. The molecule has 2 atom stereocenters. The van der Waals surface area contributed by atoms with Gasteiger partial charge in [-0.2, -0.15) is 26.3 Å². The van der Waals surface area contributed by atoms with Crippen molar-refractivity contribution in [2.75, 3.05) is 6.54 Å². The topological polar surface area (TPSA) is 25.4 Å². The summed E-state index contributed by atoms with van der Waals surface area (Å²) in [5, 5.41) is 2.91. The molecule has 0 spiro atoms. The summed E-state index contributed by atoms with van der Waals surface area (Å²) >= 11 is 1.55. The Morgan fingerprint density at radius 3 is 2.23 bits per heavy atom. The molecule has 2 heterocycles. The van der Waals surface area contributed by atoms with Crippen molar-refractivity contribution in [1.82, 2.24) is 9.88 Å². The van der Waals surface area contributed by atoms with Crippen LogP contribution in [0.15, 0.2) is 53.9 Å². The number of nitrogens with zero attached hydrogens (tertiary/aromatic N) is 2. The molecule has 10 heteroatoms. The van der Waals surface area contributed by atoms with Crippen LogP contribution in [0.1, 0.15) is 51.8 Å². The maximum atomic E-state index is 13.3. The molecular weight excluding hydrogens is 490 g/mol. The van der Waals surface area contributed by atoms with Crippen LogP contribution in [0.3, 0.4) is 0 Å². The van der Waals surface area contributed by atoms with E-state index in [2.05, 4.69) is 9.88 Å². The van der Waals surface area contributed by atoms with Crippen LogP contribution < -0.4 is 0 Å². The summed E-state index contributed by atoms with van der Waals surface area (Å²) in [5.41, 5.74) is -0.932. The maximum Gasteiger partial charge on any atom is 0.416 e. The Morgan fingerprint density at radius 2 is 1.66 bits per heavy atom. The quantitative estimate of drug-likeness (QED) is 0.320. The maximum absolute atomic E-state index is 13.3. The molecule has 2 aromatic carbocycles. The number of halogens is 6. The van der Waals surface area contributed by atoms with Gasteiger partial charge in [-0.05, 0) is 55.6 Å². The first-order valence-corrected chi connectivity index (χ1v) is 12.0. The Hall–Kier alpha value is -2.43. The summed E-state index contributed by atoms with van der Waals surface area (Å²) in [7, 11) is 0. The summed E-state index contributed by atoms with van der Waals surface area (Å²) in [6.45, 7) is 2.92. The van der Waals surface area contributed by atoms with Crippen LogP contribution in [0.25, 0.3) is 0 Å². The van der Waals surface area contributed by atoms with E-state index in [0.29, 0.717) is 13.0 Å². The molecule has 1 saturated heterocycles. The number of benzene rings is 2. The van der Waals surface area contributed by atoms with Gasteiger partial charge in [0.2, 0.25) is 0 Å². The molecule has 1 aliphatic heterocycles. The minimum atomic E-state index is -4.89. The van der Waals surface area contributed by atoms with Crippen molar-refractivity contribution < 1.29 is 31.1 Å². The van der Waals surface area contributed by atoms with Crippen molar-refractivity contribution in [2.45, 2.75) is 57.4 Å². The number of alkyl halides is 6. The number of thiazole rings is 1. The Labute approximate surface area is 203 Å². The van der Waals surface area contributed by atoms with Crippen molar-refractivity contribution in [1.29, 1.82) is 0 Å². The third-order valence-electron chi connectivity index (χ3n) is 5.94. The minimum absolute atomic E-state index is 0.134. The molecule has 3 aromatic rings. The Bertz CT molecular complexity index is 1100. The van der Waals surface area contributed by atoms with Gasteiger partial charge in [-0.1, -0.05) is 30.3 Å². The first-order valence-electron chi connectivity index (χ1n) is 11.1. The molecule has 3 nitrogen and oxygen atoms in total. The predicted octanol–water partition coefficient (Wildman–Crippen LogP) is 7.41. The number of aryl methyl sites for hydroxylation is 1. The van der Waals surface area contributed by atoms with E-state index >= 15 is 0 Å². The molecule has 35 heavy (non-hydrogen) atoms. The van der Waals surface area contributed by atoms with E-state index in [1.165, 1.54) is 0 Å². The van der Waals surface area contributed by atoms with Crippen LogP contribution in [0.4, 0.5) is 26.3 Å². The SMILES string of the molecule is Cc1csc(CN2CCC[C@@H](OCc3cc(C(F)(F)F)cc(C(F)(F)F)c3)[C@H]2c2ccccc2)n1. The van der Waals surface area contributed by atoms with Crippen molar-refractivity contribution in [2.24, 2.45) is 0 Å². The fourth-order valence-corrected chi connectivity index (χ4v) is 5.21. The smallest absolute Gasteiger partial charge is 0.372 e. The lowest BCUT2D eigenvalue weighted by Gasteiger charge is -2.41. The highest BCUT2D eigenvalue weighted by Gasteiger charge is 2.38. The number of aromatic nitrogens is 1. The van der Waals surface area contributed by atoms with Gasteiger partial charge in [-0.3, -0.25) is 4.90 Å². The molecule has 0 unspecified atom stereocenters. The normalized spacial score (nSPS) is 19.7. The van der Waals surface area contributed by atoms with Crippen molar-refractivity contribution in [3.63, 3.8) is 0 Å². The van der Waals surface area contributed by atoms with Gasteiger partial charge in [0.05, 0.1) is 36.4 Å². The van der Waals surface area contributed by atoms with Gasteiger partial charge in [0, 0.05) is 11.1 Å². The molecule has 0 aliphatic carbocycles. The van der Waals surface area contributed by atoms with E-state index in [4.69, 9.17) is 4.74 Å². The second-order valence-corrected chi connectivity index (χ2v) is 9.56. The van der Waals surface area contributed by atoms with Crippen LogP contribution in [-0.2, 0) is 30.2 Å². The number of rotatable bonds is 6. The number of likely N-dealkylation sites (tertiary alicyclic amines) is 1. The average Bonchev–Trinajstić information content (AvgIpc) is 3.21. The lowest BCUT2D eigenvalue weighted by atomic mass is 9.92. The van der Waals surface area contributed by atoms with E-state index in [0.717, 1.165) is 41.4 Å². The molecule has 0 N–H and O–H groups in total. The standard InChI is InChI=1S/C25H24F6N2OS/c1-16-15-35-22(32-16)13-33-9-5-8-21(23(33)18-6-3-2-4-7-18)34-14-17-10-19(24(26,27)28)12-20(11-17)25(29,30)31/h2-4,6-7,10-12,15,21,23H,5,8-9,13-14H2,1H3/t21-,23-/m1/s1. The molecule has 0 saturated carbocycles. The Morgan fingerprint density at radius 1 is 1.00 bits per heavy atom. The van der Waals surface area contributed by atoms with Gasteiger partial charge < -0.3 is 4.74 Å². The first-order chi connectivity index (χ1) is 16.5. The van der Waals surface area contributed by atoms with Gasteiger partial charge in [0.25, 0.3) is 0 Å². The highest BCUT2D eigenvalue weighted by molar-refractivity contribution is 7.09.